The van der Waals surface area contributed by atoms with Gasteiger partial charge in [-0.1, -0.05) is 23.2 Å². The van der Waals surface area contributed by atoms with Gasteiger partial charge in [-0.15, -0.1) is 0 Å². The molecule has 0 radical (unpaired) electrons. The molecule has 134 valence electrons. The number of carbonyl (C=O) groups excluding carboxylic acids is 1. The van der Waals surface area contributed by atoms with Crippen molar-refractivity contribution in [3.8, 4) is 0 Å². The molecule has 0 saturated heterocycles. The highest BCUT2D eigenvalue weighted by molar-refractivity contribution is 7.88. The third kappa shape index (κ3) is 6.21. The summed E-state index contributed by atoms with van der Waals surface area (Å²) in [6.45, 7) is 0.111. The molecule has 2 aromatic rings. The van der Waals surface area contributed by atoms with E-state index in [1.807, 2.05) is 0 Å². The average Bonchev–Trinajstić information content (AvgIpc) is 2.90. The van der Waals surface area contributed by atoms with E-state index in [0.29, 0.717) is 27.3 Å². The third-order valence-electron chi connectivity index (χ3n) is 3.16. The first kappa shape index (κ1) is 19.5. The summed E-state index contributed by atoms with van der Waals surface area (Å²) in [5.74, 6) is 0.510. The molecule has 0 spiro atoms. The number of benzene rings is 1. The van der Waals surface area contributed by atoms with Crippen LogP contribution >= 0.6 is 23.2 Å². The fraction of sp³-hybridized carbons (Fsp3) is 0.188. The first-order valence-corrected chi connectivity index (χ1v) is 9.69. The monoisotopic (exact) mass is 402 g/mol. The molecule has 1 aromatic carbocycles. The summed E-state index contributed by atoms with van der Waals surface area (Å²) in [6, 6.07) is 8.00. The average molecular weight is 403 g/mol. The largest absolute Gasteiger partial charge is 0.460 e. The number of nitrogens with zero attached hydrogens (tertiary/aromatic N) is 1. The van der Waals surface area contributed by atoms with Gasteiger partial charge in [-0.25, -0.2) is 8.42 Å². The summed E-state index contributed by atoms with van der Waals surface area (Å²) in [7, 11) is -1.83. The first-order valence-electron chi connectivity index (χ1n) is 7.08. The lowest BCUT2D eigenvalue weighted by atomic mass is 10.3. The molecule has 1 N–H and O–H groups in total. The predicted octanol–water partition coefficient (Wildman–Crippen LogP) is 3.63. The quantitative estimate of drug-likeness (QED) is 0.747. The van der Waals surface area contributed by atoms with Crippen LogP contribution in [0.5, 0.6) is 0 Å². The molecule has 6 nitrogen and oxygen atoms in total. The maximum Gasteiger partial charge on any atom is 0.248 e. The van der Waals surface area contributed by atoms with E-state index < -0.39 is 10.0 Å². The first-order chi connectivity index (χ1) is 11.6. The minimum absolute atomic E-state index is 0.111. The highest BCUT2D eigenvalue weighted by Crippen LogP contribution is 2.22. The lowest BCUT2D eigenvalue weighted by Gasteiger charge is -2.11. The number of halogens is 2. The number of amides is 1. The van der Waals surface area contributed by atoms with Crippen LogP contribution in [0.3, 0.4) is 0 Å². The van der Waals surface area contributed by atoms with Crippen LogP contribution in [0.15, 0.2) is 40.8 Å². The van der Waals surface area contributed by atoms with Gasteiger partial charge in [-0.05, 0) is 36.4 Å². The molecule has 1 amide bonds. The summed E-state index contributed by atoms with van der Waals surface area (Å²) in [4.78, 5) is 11.9. The topological polar surface area (TPSA) is 79.6 Å². The fourth-order valence-electron chi connectivity index (χ4n) is 1.87. The van der Waals surface area contributed by atoms with Crippen molar-refractivity contribution in [2.24, 2.45) is 0 Å². The summed E-state index contributed by atoms with van der Waals surface area (Å²) in [5.41, 5.74) is 0.474. The standard InChI is InChI=1S/C16H16Cl2N2O4S/c1-20(25(2,22)23)10-15-4-3-14(24-15)5-6-16(21)19-13-8-11(17)7-12(18)9-13/h3-9H,10H2,1-2H3,(H,19,21)/b6-5+. The zero-order valence-electron chi connectivity index (χ0n) is 13.5. The van der Waals surface area contributed by atoms with E-state index in [-0.39, 0.29) is 12.5 Å². The molecule has 1 aromatic heterocycles. The van der Waals surface area contributed by atoms with E-state index in [4.69, 9.17) is 27.6 Å². The van der Waals surface area contributed by atoms with Crippen LogP contribution < -0.4 is 5.32 Å². The number of hydrogen-bond acceptors (Lipinski definition) is 4. The number of anilines is 1. The van der Waals surface area contributed by atoms with Crippen LogP contribution in [0.25, 0.3) is 6.08 Å². The van der Waals surface area contributed by atoms with Crippen molar-refractivity contribution in [1.29, 1.82) is 0 Å². The van der Waals surface area contributed by atoms with Crippen molar-refractivity contribution >= 4 is 50.9 Å². The molecular weight excluding hydrogens is 387 g/mol. The van der Waals surface area contributed by atoms with E-state index in [2.05, 4.69) is 5.32 Å². The van der Waals surface area contributed by atoms with Crippen molar-refractivity contribution < 1.29 is 17.6 Å². The van der Waals surface area contributed by atoms with Gasteiger partial charge in [0.25, 0.3) is 0 Å². The van der Waals surface area contributed by atoms with Gasteiger partial charge in [-0.2, -0.15) is 4.31 Å². The Morgan fingerprint density at radius 1 is 1.24 bits per heavy atom. The van der Waals surface area contributed by atoms with Crippen molar-refractivity contribution in [2.75, 3.05) is 18.6 Å². The SMILES string of the molecule is CN(Cc1ccc(/C=C/C(=O)Nc2cc(Cl)cc(Cl)c2)o1)S(C)(=O)=O. The van der Waals surface area contributed by atoms with Gasteiger partial charge in [0, 0.05) is 28.9 Å². The van der Waals surface area contributed by atoms with Crippen LogP contribution in [0, 0.1) is 0 Å². The summed E-state index contributed by atoms with van der Waals surface area (Å²) >= 11 is 11.7. The molecule has 0 bridgehead atoms. The molecule has 1 heterocycles. The number of nitrogens with one attached hydrogen (secondary N) is 1. The predicted molar refractivity (Wildman–Crippen MR) is 99.1 cm³/mol. The molecule has 2 rings (SSSR count). The minimum Gasteiger partial charge on any atom is -0.460 e. The molecule has 0 fully saturated rings. The Morgan fingerprint density at radius 2 is 1.88 bits per heavy atom. The van der Waals surface area contributed by atoms with Gasteiger partial charge in [0.05, 0.1) is 12.8 Å². The second kappa shape index (κ2) is 8.05. The summed E-state index contributed by atoms with van der Waals surface area (Å²) in [6.07, 6.45) is 3.88. The number of sulfonamides is 1. The zero-order chi connectivity index (χ0) is 18.6. The molecule has 25 heavy (non-hydrogen) atoms. The molecule has 0 aliphatic heterocycles. The Balaban J connectivity index is 1.98. The van der Waals surface area contributed by atoms with Crippen molar-refractivity contribution in [1.82, 2.24) is 4.31 Å². The number of rotatable bonds is 6. The van der Waals surface area contributed by atoms with E-state index in [0.717, 1.165) is 10.6 Å². The molecule has 0 saturated carbocycles. The molecule has 9 heteroatoms. The van der Waals surface area contributed by atoms with Gasteiger partial charge in [0.2, 0.25) is 15.9 Å². The number of carbonyl (C=O) groups is 1. The van der Waals surface area contributed by atoms with Crippen LogP contribution in [-0.2, 0) is 21.4 Å². The zero-order valence-corrected chi connectivity index (χ0v) is 15.8. The van der Waals surface area contributed by atoms with E-state index in [1.165, 1.54) is 19.2 Å². The van der Waals surface area contributed by atoms with Gasteiger partial charge >= 0.3 is 0 Å². The lowest BCUT2D eigenvalue weighted by Crippen LogP contribution is -2.24. The van der Waals surface area contributed by atoms with Crippen LogP contribution in [-0.4, -0.2) is 31.9 Å². The summed E-state index contributed by atoms with van der Waals surface area (Å²) < 4.78 is 29.4. The summed E-state index contributed by atoms with van der Waals surface area (Å²) in [5, 5.41) is 3.46. The van der Waals surface area contributed by atoms with Crippen molar-refractivity contribution in [3.05, 3.63) is 58.0 Å². The van der Waals surface area contributed by atoms with E-state index in [9.17, 15) is 13.2 Å². The van der Waals surface area contributed by atoms with Gasteiger partial charge in [0.15, 0.2) is 0 Å². The number of hydrogen-bond donors (Lipinski definition) is 1. The van der Waals surface area contributed by atoms with Crippen LogP contribution in [0.1, 0.15) is 11.5 Å². The number of furan rings is 1. The molecule has 0 aliphatic rings. The van der Waals surface area contributed by atoms with Crippen molar-refractivity contribution in [3.63, 3.8) is 0 Å². The Morgan fingerprint density at radius 3 is 2.48 bits per heavy atom. The van der Waals surface area contributed by atoms with Crippen molar-refractivity contribution in [2.45, 2.75) is 6.54 Å². The molecule has 0 atom stereocenters. The molecular formula is C16H16Cl2N2O4S. The Bertz CT molecular complexity index is 886. The smallest absolute Gasteiger partial charge is 0.248 e. The Kier molecular flexibility index (Phi) is 6.29. The maximum absolute atomic E-state index is 11.9. The maximum atomic E-state index is 11.9. The minimum atomic E-state index is -3.29. The van der Waals surface area contributed by atoms with Crippen LogP contribution in [0.2, 0.25) is 10.0 Å². The van der Waals surface area contributed by atoms with Gasteiger partial charge in [-0.3, -0.25) is 4.79 Å². The van der Waals surface area contributed by atoms with E-state index in [1.54, 1.807) is 30.3 Å². The van der Waals surface area contributed by atoms with Gasteiger partial charge < -0.3 is 9.73 Å². The van der Waals surface area contributed by atoms with Crippen LogP contribution in [0.4, 0.5) is 5.69 Å². The lowest BCUT2D eigenvalue weighted by molar-refractivity contribution is -0.111. The highest BCUT2D eigenvalue weighted by atomic mass is 35.5. The second-order valence-electron chi connectivity index (χ2n) is 5.30. The fourth-order valence-corrected chi connectivity index (χ4v) is 2.76. The highest BCUT2D eigenvalue weighted by Gasteiger charge is 2.13. The molecule has 0 aliphatic carbocycles. The molecule has 0 unspecified atom stereocenters. The Labute approximate surface area is 156 Å². The normalized spacial score (nSPS) is 12.0. The van der Waals surface area contributed by atoms with E-state index >= 15 is 0 Å². The second-order valence-corrected chi connectivity index (χ2v) is 8.27. The van der Waals surface area contributed by atoms with Gasteiger partial charge in [0.1, 0.15) is 11.5 Å². The third-order valence-corrected chi connectivity index (χ3v) is 4.85. The Hall–Kier alpha value is -1.80.